The van der Waals surface area contributed by atoms with Crippen molar-refractivity contribution < 1.29 is 4.74 Å². The van der Waals surface area contributed by atoms with E-state index in [1.807, 2.05) is 24.3 Å². The minimum absolute atomic E-state index is 0.0957. The zero-order chi connectivity index (χ0) is 14.1. The maximum atomic E-state index is 6.40. The highest BCUT2D eigenvalue weighted by atomic mass is 35.5. The number of rotatable bonds is 3. The summed E-state index contributed by atoms with van der Waals surface area (Å²) in [7, 11) is 0. The molecular weight excluding hydrogens is 270 g/mol. The maximum Gasteiger partial charge on any atom is 0.127 e. The fourth-order valence-corrected chi connectivity index (χ4v) is 3.01. The molecule has 3 rings (SSSR count). The van der Waals surface area contributed by atoms with Gasteiger partial charge in [-0.1, -0.05) is 35.9 Å². The van der Waals surface area contributed by atoms with Crippen molar-refractivity contribution in [2.45, 2.75) is 25.8 Å². The average Bonchev–Trinajstić information content (AvgIpc) is 2.88. The zero-order valence-electron chi connectivity index (χ0n) is 11.5. The number of hydrogen-bond donors (Lipinski definition) is 1. The van der Waals surface area contributed by atoms with Crippen molar-refractivity contribution in [3.63, 3.8) is 0 Å². The minimum Gasteiger partial charge on any atom is -0.493 e. The molecule has 1 aliphatic heterocycles. The Balaban J connectivity index is 1.92. The molecule has 1 atom stereocenters. The molecule has 1 heterocycles. The summed E-state index contributed by atoms with van der Waals surface area (Å²) >= 11 is 6.20. The molecule has 0 radical (unpaired) electrons. The predicted octanol–water partition coefficient (Wildman–Crippen LogP) is 3.83. The third kappa shape index (κ3) is 2.54. The van der Waals surface area contributed by atoms with Crippen molar-refractivity contribution in [3.8, 4) is 5.75 Å². The first-order valence-electron chi connectivity index (χ1n) is 6.90. The fraction of sp³-hybridized carbons (Fsp3) is 0.294. The van der Waals surface area contributed by atoms with E-state index in [1.54, 1.807) is 0 Å². The first-order chi connectivity index (χ1) is 9.65. The van der Waals surface area contributed by atoms with Crippen LogP contribution >= 0.6 is 11.6 Å². The summed E-state index contributed by atoms with van der Waals surface area (Å²) < 4.78 is 5.74. The first kappa shape index (κ1) is 13.5. The number of aryl methyl sites for hydroxylation is 1. The maximum absolute atomic E-state index is 6.40. The summed E-state index contributed by atoms with van der Waals surface area (Å²) in [5, 5.41) is 0.740. The molecule has 1 unspecified atom stereocenters. The van der Waals surface area contributed by atoms with Crippen molar-refractivity contribution in [2.75, 3.05) is 6.61 Å². The minimum atomic E-state index is -0.0957. The molecule has 1 aliphatic rings. The second-order valence-electron chi connectivity index (χ2n) is 5.32. The molecular formula is C17H18ClNO. The van der Waals surface area contributed by atoms with Gasteiger partial charge in [0.15, 0.2) is 0 Å². The molecule has 0 aromatic heterocycles. The summed E-state index contributed by atoms with van der Waals surface area (Å²) in [6.07, 6.45) is 1.71. The van der Waals surface area contributed by atoms with Crippen LogP contribution in [0.5, 0.6) is 5.75 Å². The third-order valence-corrected chi connectivity index (χ3v) is 4.10. The summed E-state index contributed by atoms with van der Waals surface area (Å²) in [6, 6.07) is 12.2. The van der Waals surface area contributed by atoms with Gasteiger partial charge in [-0.05, 0) is 42.2 Å². The smallest absolute Gasteiger partial charge is 0.127 e. The molecule has 2 nitrogen and oxygen atoms in total. The van der Waals surface area contributed by atoms with Gasteiger partial charge in [-0.15, -0.1) is 0 Å². The molecule has 0 saturated carbocycles. The van der Waals surface area contributed by atoms with E-state index in [4.69, 9.17) is 22.1 Å². The average molecular weight is 288 g/mol. The second kappa shape index (κ2) is 5.47. The highest BCUT2D eigenvalue weighted by Crippen LogP contribution is 2.36. The predicted molar refractivity (Wildman–Crippen MR) is 82.5 cm³/mol. The normalized spacial score (nSPS) is 14.8. The fourth-order valence-electron chi connectivity index (χ4n) is 2.76. The Morgan fingerprint density at radius 2 is 2.10 bits per heavy atom. The van der Waals surface area contributed by atoms with Gasteiger partial charge in [0, 0.05) is 23.0 Å². The van der Waals surface area contributed by atoms with Crippen LogP contribution in [0.4, 0.5) is 0 Å². The lowest BCUT2D eigenvalue weighted by atomic mass is 9.95. The van der Waals surface area contributed by atoms with Crippen LogP contribution in [-0.4, -0.2) is 6.61 Å². The Hall–Kier alpha value is -1.51. The van der Waals surface area contributed by atoms with Crippen LogP contribution in [0.2, 0.25) is 5.02 Å². The van der Waals surface area contributed by atoms with Crippen LogP contribution in [0.25, 0.3) is 0 Å². The largest absolute Gasteiger partial charge is 0.493 e. The van der Waals surface area contributed by atoms with E-state index >= 15 is 0 Å². The van der Waals surface area contributed by atoms with Crippen molar-refractivity contribution in [3.05, 3.63) is 63.7 Å². The lowest BCUT2D eigenvalue weighted by Gasteiger charge is -2.17. The molecule has 20 heavy (non-hydrogen) atoms. The number of nitrogens with two attached hydrogens (primary N) is 1. The van der Waals surface area contributed by atoms with Crippen LogP contribution < -0.4 is 10.5 Å². The van der Waals surface area contributed by atoms with Gasteiger partial charge >= 0.3 is 0 Å². The van der Waals surface area contributed by atoms with Gasteiger partial charge < -0.3 is 10.5 Å². The lowest BCUT2D eigenvalue weighted by molar-refractivity contribution is 0.351. The molecule has 0 saturated heterocycles. The van der Waals surface area contributed by atoms with Gasteiger partial charge in [0.25, 0.3) is 0 Å². The van der Waals surface area contributed by atoms with Gasteiger partial charge in [0.2, 0.25) is 0 Å². The second-order valence-corrected chi connectivity index (χ2v) is 5.76. The standard InChI is InChI=1S/C17H18ClNO/c1-11-4-2-3-5-12(11)9-16(19)15-10-14(18)8-13-6-7-20-17(13)15/h2-5,8,10,16H,6-7,9,19H2,1H3. The third-order valence-electron chi connectivity index (χ3n) is 3.88. The highest BCUT2D eigenvalue weighted by Gasteiger charge is 2.21. The zero-order valence-corrected chi connectivity index (χ0v) is 12.3. The molecule has 0 amide bonds. The number of hydrogen-bond acceptors (Lipinski definition) is 2. The molecule has 0 bridgehead atoms. The van der Waals surface area contributed by atoms with Crippen LogP contribution in [-0.2, 0) is 12.8 Å². The highest BCUT2D eigenvalue weighted by molar-refractivity contribution is 6.30. The van der Waals surface area contributed by atoms with Crippen molar-refractivity contribution in [1.82, 2.24) is 0 Å². The van der Waals surface area contributed by atoms with Crippen LogP contribution in [0.15, 0.2) is 36.4 Å². The summed E-state index contributed by atoms with van der Waals surface area (Å²) in [4.78, 5) is 0. The molecule has 0 aliphatic carbocycles. The molecule has 2 N–H and O–H groups in total. The van der Waals surface area contributed by atoms with Gasteiger partial charge in [0.05, 0.1) is 6.61 Å². The molecule has 0 fully saturated rings. The van der Waals surface area contributed by atoms with E-state index in [-0.39, 0.29) is 6.04 Å². The van der Waals surface area contributed by atoms with Crippen LogP contribution in [0.3, 0.4) is 0 Å². The molecule has 2 aromatic carbocycles. The van der Waals surface area contributed by atoms with Crippen molar-refractivity contribution in [2.24, 2.45) is 5.73 Å². The SMILES string of the molecule is Cc1ccccc1CC(N)c1cc(Cl)cc2c1OCC2. The van der Waals surface area contributed by atoms with Gasteiger partial charge in [-0.25, -0.2) is 0 Å². The molecule has 2 aromatic rings. The van der Waals surface area contributed by atoms with E-state index in [0.29, 0.717) is 0 Å². The number of halogens is 1. The van der Waals surface area contributed by atoms with Gasteiger partial charge in [-0.3, -0.25) is 0 Å². The van der Waals surface area contributed by atoms with Crippen molar-refractivity contribution >= 4 is 11.6 Å². The quantitative estimate of drug-likeness (QED) is 0.931. The Labute approximate surface area is 124 Å². The van der Waals surface area contributed by atoms with Crippen molar-refractivity contribution in [1.29, 1.82) is 0 Å². The Kier molecular flexibility index (Phi) is 3.68. The summed E-state index contributed by atoms with van der Waals surface area (Å²) in [5.41, 5.74) is 11.1. The van der Waals surface area contributed by atoms with E-state index in [9.17, 15) is 0 Å². The Bertz CT molecular complexity index is 639. The Morgan fingerprint density at radius 3 is 2.90 bits per heavy atom. The van der Waals surface area contributed by atoms with Crippen LogP contribution in [0, 0.1) is 6.92 Å². The monoisotopic (exact) mass is 287 g/mol. The first-order valence-corrected chi connectivity index (χ1v) is 7.28. The molecule has 0 spiro atoms. The van der Waals surface area contributed by atoms with Gasteiger partial charge in [0.1, 0.15) is 5.75 Å². The van der Waals surface area contributed by atoms with E-state index in [2.05, 4.69) is 19.1 Å². The van der Waals surface area contributed by atoms with E-state index < -0.39 is 0 Å². The van der Waals surface area contributed by atoms with Crippen LogP contribution in [0.1, 0.15) is 28.3 Å². The molecule has 104 valence electrons. The number of benzene rings is 2. The number of ether oxygens (including phenoxy) is 1. The lowest BCUT2D eigenvalue weighted by Crippen LogP contribution is -2.15. The summed E-state index contributed by atoms with van der Waals surface area (Å²) in [5.74, 6) is 0.940. The number of fused-ring (bicyclic) bond motifs is 1. The summed E-state index contributed by atoms with van der Waals surface area (Å²) in [6.45, 7) is 2.83. The van der Waals surface area contributed by atoms with Gasteiger partial charge in [-0.2, -0.15) is 0 Å². The molecule has 3 heteroatoms. The topological polar surface area (TPSA) is 35.2 Å². The van der Waals surface area contributed by atoms with E-state index in [1.165, 1.54) is 16.7 Å². The van der Waals surface area contributed by atoms with E-state index in [0.717, 1.165) is 35.8 Å². The Morgan fingerprint density at radius 1 is 1.30 bits per heavy atom.